The largest absolute Gasteiger partial charge is 0.488 e. The Kier molecular flexibility index (Phi) is 4.28. The highest BCUT2D eigenvalue weighted by Gasteiger charge is 2.08. The Balaban J connectivity index is 1.71. The quantitative estimate of drug-likeness (QED) is 0.535. The van der Waals surface area contributed by atoms with Gasteiger partial charge >= 0.3 is 0 Å². The molecule has 0 aliphatic heterocycles. The fourth-order valence-corrected chi connectivity index (χ4v) is 3.12. The minimum Gasteiger partial charge on any atom is -0.488 e. The van der Waals surface area contributed by atoms with Crippen molar-refractivity contribution in [2.24, 2.45) is 7.05 Å². The summed E-state index contributed by atoms with van der Waals surface area (Å²) in [6.45, 7) is 0.528. The van der Waals surface area contributed by atoms with Crippen LogP contribution in [0.3, 0.4) is 0 Å². The number of para-hydroxylation sites is 1. The molecule has 3 aromatic carbocycles. The van der Waals surface area contributed by atoms with Gasteiger partial charge in [0.25, 0.3) is 5.56 Å². The Morgan fingerprint density at radius 2 is 1.62 bits per heavy atom. The molecule has 4 aromatic rings. The molecule has 0 unspecified atom stereocenters. The summed E-state index contributed by atoms with van der Waals surface area (Å²) < 4.78 is 7.74. The van der Waals surface area contributed by atoms with Gasteiger partial charge in [-0.2, -0.15) is 0 Å². The van der Waals surface area contributed by atoms with Crippen LogP contribution < -0.4 is 10.3 Å². The molecule has 0 fully saturated rings. The van der Waals surface area contributed by atoms with E-state index in [1.54, 1.807) is 17.7 Å². The predicted octanol–water partition coefficient (Wildman–Crippen LogP) is 4.78. The van der Waals surface area contributed by atoms with E-state index in [1.165, 1.54) is 0 Å². The number of aryl methyl sites for hydroxylation is 1. The minimum absolute atomic E-state index is 0.00292. The summed E-state index contributed by atoms with van der Waals surface area (Å²) in [5.41, 5.74) is 4.16. The van der Waals surface area contributed by atoms with Crippen molar-refractivity contribution in [1.29, 1.82) is 0 Å². The molecule has 26 heavy (non-hydrogen) atoms. The van der Waals surface area contributed by atoms with Crippen molar-refractivity contribution >= 4 is 10.9 Å². The predicted molar refractivity (Wildman–Crippen MR) is 105 cm³/mol. The highest BCUT2D eigenvalue weighted by Crippen LogP contribution is 2.32. The molecule has 0 saturated carbocycles. The average molecular weight is 341 g/mol. The molecule has 4 rings (SSSR count). The van der Waals surface area contributed by atoms with Gasteiger partial charge in [-0.1, -0.05) is 54.6 Å². The van der Waals surface area contributed by atoms with E-state index in [9.17, 15) is 4.79 Å². The summed E-state index contributed by atoms with van der Waals surface area (Å²) in [4.78, 5) is 11.8. The number of benzene rings is 3. The normalized spacial score (nSPS) is 10.8. The fourth-order valence-electron chi connectivity index (χ4n) is 3.12. The van der Waals surface area contributed by atoms with Crippen LogP contribution in [0.2, 0.25) is 0 Å². The summed E-state index contributed by atoms with van der Waals surface area (Å²) in [5.74, 6) is 0.848. The van der Waals surface area contributed by atoms with E-state index >= 15 is 0 Å². The average Bonchev–Trinajstić information content (AvgIpc) is 2.70. The molecular weight excluding hydrogens is 322 g/mol. The highest BCUT2D eigenvalue weighted by atomic mass is 16.5. The summed E-state index contributed by atoms with van der Waals surface area (Å²) in [7, 11) is 1.79. The number of fused-ring (bicyclic) bond motifs is 1. The molecular formula is C23H19NO2. The van der Waals surface area contributed by atoms with E-state index in [4.69, 9.17) is 4.74 Å². The first-order chi connectivity index (χ1) is 12.7. The summed E-state index contributed by atoms with van der Waals surface area (Å²) in [6.07, 6.45) is 0. The molecule has 1 heterocycles. The van der Waals surface area contributed by atoms with E-state index in [2.05, 4.69) is 24.3 Å². The fraction of sp³-hybridized carbons (Fsp3) is 0.0870. The van der Waals surface area contributed by atoms with Crippen LogP contribution in [0.15, 0.2) is 89.7 Å². The summed E-state index contributed by atoms with van der Waals surface area (Å²) >= 11 is 0. The topological polar surface area (TPSA) is 31.2 Å². The molecule has 0 radical (unpaired) electrons. The molecule has 0 atom stereocenters. The van der Waals surface area contributed by atoms with Crippen LogP contribution in [0, 0.1) is 0 Å². The Labute approximate surface area is 152 Å². The number of nitrogens with zero attached hydrogens (tertiary/aromatic N) is 1. The van der Waals surface area contributed by atoms with Crippen molar-refractivity contribution in [1.82, 2.24) is 4.57 Å². The van der Waals surface area contributed by atoms with Gasteiger partial charge in [0.1, 0.15) is 12.4 Å². The maximum absolute atomic E-state index is 11.8. The summed E-state index contributed by atoms with van der Waals surface area (Å²) in [5, 5.41) is 1.03. The Bertz CT molecular complexity index is 1110. The Morgan fingerprint density at radius 1 is 0.846 bits per heavy atom. The molecule has 0 spiro atoms. The lowest BCUT2D eigenvalue weighted by Crippen LogP contribution is -2.14. The zero-order valence-corrected chi connectivity index (χ0v) is 14.6. The van der Waals surface area contributed by atoms with Gasteiger partial charge in [0.2, 0.25) is 0 Å². The van der Waals surface area contributed by atoms with E-state index in [1.807, 2.05) is 54.6 Å². The van der Waals surface area contributed by atoms with Crippen LogP contribution >= 0.6 is 0 Å². The molecule has 128 valence electrons. The number of aromatic nitrogens is 1. The lowest BCUT2D eigenvalue weighted by atomic mass is 10.0. The first-order valence-corrected chi connectivity index (χ1v) is 8.58. The van der Waals surface area contributed by atoms with Gasteiger partial charge < -0.3 is 9.30 Å². The van der Waals surface area contributed by atoms with E-state index in [0.29, 0.717) is 6.61 Å². The molecule has 0 aliphatic carbocycles. The standard InChI is InChI=1S/C23H19NO2/c1-24-21-13-11-18(15-19(21)12-14-23(24)25)20-9-5-6-10-22(20)26-16-17-7-3-2-4-8-17/h2-15H,16H2,1H3. The van der Waals surface area contributed by atoms with Gasteiger partial charge in [-0.25, -0.2) is 0 Å². The van der Waals surface area contributed by atoms with E-state index in [0.717, 1.165) is 33.3 Å². The maximum atomic E-state index is 11.8. The number of ether oxygens (including phenoxy) is 1. The van der Waals surface area contributed by atoms with Crippen molar-refractivity contribution in [3.63, 3.8) is 0 Å². The summed E-state index contributed by atoms with van der Waals surface area (Å²) in [6, 6.07) is 27.8. The van der Waals surface area contributed by atoms with E-state index < -0.39 is 0 Å². The van der Waals surface area contributed by atoms with Crippen molar-refractivity contribution in [3.8, 4) is 16.9 Å². The van der Waals surface area contributed by atoms with Crippen LogP contribution in [0.1, 0.15) is 5.56 Å². The molecule has 1 aromatic heterocycles. The Morgan fingerprint density at radius 3 is 2.46 bits per heavy atom. The molecule has 0 saturated heterocycles. The molecule has 3 heteroatoms. The zero-order chi connectivity index (χ0) is 17.9. The number of rotatable bonds is 4. The van der Waals surface area contributed by atoms with Crippen LogP contribution in [0.25, 0.3) is 22.0 Å². The van der Waals surface area contributed by atoms with Gasteiger partial charge in [-0.3, -0.25) is 4.79 Å². The second-order valence-electron chi connectivity index (χ2n) is 6.27. The maximum Gasteiger partial charge on any atom is 0.250 e. The third-order valence-electron chi connectivity index (χ3n) is 4.56. The van der Waals surface area contributed by atoms with Crippen molar-refractivity contribution < 1.29 is 4.74 Å². The van der Waals surface area contributed by atoms with Crippen molar-refractivity contribution in [2.75, 3.05) is 0 Å². The van der Waals surface area contributed by atoms with Gasteiger partial charge in [-0.05, 0) is 40.8 Å². The smallest absolute Gasteiger partial charge is 0.250 e. The molecule has 0 N–H and O–H groups in total. The lowest BCUT2D eigenvalue weighted by molar-refractivity contribution is 0.307. The van der Waals surface area contributed by atoms with Gasteiger partial charge in [0.05, 0.1) is 5.52 Å². The van der Waals surface area contributed by atoms with Crippen LogP contribution in [0.5, 0.6) is 5.75 Å². The highest BCUT2D eigenvalue weighted by molar-refractivity contribution is 5.86. The van der Waals surface area contributed by atoms with E-state index in [-0.39, 0.29) is 5.56 Å². The molecule has 0 amide bonds. The Hall–Kier alpha value is -3.33. The van der Waals surface area contributed by atoms with Crippen LogP contribution in [-0.2, 0) is 13.7 Å². The monoisotopic (exact) mass is 341 g/mol. The van der Waals surface area contributed by atoms with Gasteiger partial charge in [0.15, 0.2) is 0 Å². The zero-order valence-electron chi connectivity index (χ0n) is 14.6. The van der Waals surface area contributed by atoms with Crippen molar-refractivity contribution in [2.45, 2.75) is 6.61 Å². The minimum atomic E-state index is -0.00292. The number of hydrogen-bond acceptors (Lipinski definition) is 2. The van der Waals surface area contributed by atoms with Crippen LogP contribution in [-0.4, -0.2) is 4.57 Å². The third-order valence-corrected chi connectivity index (χ3v) is 4.56. The van der Waals surface area contributed by atoms with Gasteiger partial charge in [0, 0.05) is 18.7 Å². The number of hydrogen-bond donors (Lipinski definition) is 0. The second kappa shape index (κ2) is 6.89. The number of pyridine rings is 1. The SMILES string of the molecule is Cn1c(=O)ccc2cc(-c3ccccc3OCc3ccccc3)ccc21. The van der Waals surface area contributed by atoms with Crippen LogP contribution in [0.4, 0.5) is 0 Å². The first kappa shape index (κ1) is 16.2. The molecule has 3 nitrogen and oxygen atoms in total. The molecule has 0 aliphatic rings. The lowest BCUT2D eigenvalue weighted by Gasteiger charge is -2.13. The second-order valence-corrected chi connectivity index (χ2v) is 6.27. The van der Waals surface area contributed by atoms with Crippen molar-refractivity contribution in [3.05, 3.63) is 101 Å². The third kappa shape index (κ3) is 3.11. The van der Waals surface area contributed by atoms with Gasteiger partial charge in [-0.15, -0.1) is 0 Å². The molecule has 0 bridgehead atoms. The first-order valence-electron chi connectivity index (χ1n) is 8.58.